The third kappa shape index (κ3) is 7.18. The second kappa shape index (κ2) is 17.2. The molecule has 2 heterocycles. The Morgan fingerprint density at radius 2 is 1.15 bits per heavy atom. The maximum Gasteiger partial charge on any atom is 0.309 e. The summed E-state index contributed by atoms with van der Waals surface area (Å²) in [4.78, 5) is 26.2. The Hall–Kier alpha value is -7.61. The first-order chi connectivity index (χ1) is 31.8. The first-order valence-corrected chi connectivity index (χ1v) is 22.4. The molecule has 320 valence electrons. The van der Waals surface area contributed by atoms with Crippen molar-refractivity contribution in [3.8, 4) is 0 Å². The van der Waals surface area contributed by atoms with Crippen LogP contribution in [0, 0.1) is 0 Å². The first kappa shape index (κ1) is 41.4. The Morgan fingerprint density at radius 1 is 0.646 bits per heavy atom. The van der Waals surface area contributed by atoms with Crippen LogP contribution in [0.1, 0.15) is 23.1 Å². The number of carboxylic acids is 1. The molecule has 2 aliphatic heterocycles. The second-order valence-corrected chi connectivity index (χ2v) is 17.5. The van der Waals surface area contributed by atoms with E-state index in [4.69, 9.17) is 4.74 Å². The highest BCUT2D eigenvalue weighted by Crippen LogP contribution is 2.54. The summed E-state index contributed by atoms with van der Waals surface area (Å²) in [6.07, 6.45) is 12.1. The van der Waals surface area contributed by atoms with E-state index >= 15 is 0 Å². The van der Waals surface area contributed by atoms with Gasteiger partial charge < -0.3 is 9.84 Å². The van der Waals surface area contributed by atoms with Crippen LogP contribution in [0.25, 0.3) is 43.1 Å². The molecule has 0 saturated carbocycles. The number of allylic oxidation sites excluding steroid dienone is 5. The summed E-state index contributed by atoms with van der Waals surface area (Å²) < 4.78 is 8.13. The minimum absolute atomic E-state index is 0.0206. The van der Waals surface area contributed by atoms with E-state index in [0.717, 1.165) is 39.1 Å². The summed E-state index contributed by atoms with van der Waals surface area (Å²) in [5, 5.41) is 19.6. The van der Waals surface area contributed by atoms with Gasteiger partial charge in [-0.05, 0) is 63.0 Å². The number of rotatable bonds is 14. The van der Waals surface area contributed by atoms with E-state index in [-0.39, 0.29) is 13.0 Å². The zero-order valence-corrected chi connectivity index (χ0v) is 36.7. The van der Waals surface area contributed by atoms with Gasteiger partial charge in [-0.25, -0.2) is 4.48 Å². The van der Waals surface area contributed by atoms with Crippen LogP contribution in [-0.4, -0.2) is 61.6 Å². The van der Waals surface area contributed by atoms with Gasteiger partial charge in [-0.15, -0.1) is 0 Å². The summed E-state index contributed by atoms with van der Waals surface area (Å²) >= 11 is 0. The first-order valence-electron chi connectivity index (χ1n) is 22.4. The predicted octanol–water partition coefficient (Wildman–Crippen LogP) is 11.8. The maximum absolute atomic E-state index is 12.5. The second-order valence-electron chi connectivity index (χ2n) is 17.5. The van der Waals surface area contributed by atoms with Crippen molar-refractivity contribution in [3.05, 3.63) is 211 Å². The van der Waals surface area contributed by atoms with Crippen LogP contribution < -0.4 is 9.38 Å². The van der Waals surface area contributed by atoms with Crippen molar-refractivity contribution < 1.29 is 24.0 Å². The van der Waals surface area contributed by atoms with E-state index in [1.54, 1.807) is 0 Å². The van der Waals surface area contributed by atoms with E-state index in [1.807, 2.05) is 0 Å². The number of hydrogen-bond acceptors (Lipinski definition) is 4. The molecule has 0 bridgehead atoms. The summed E-state index contributed by atoms with van der Waals surface area (Å²) in [6, 6.07) is 55.8. The smallest absolute Gasteiger partial charge is 0.309 e. The van der Waals surface area contributed by atoms with Gasteiger partial charge in [0.1, 0.15) is 18.7 Å². The molecule has 0 atom stereocenters. The zero-order chi connectivity index (χ0) is 44.5. The van der Waals surface area contributed by atoms with E-state index in [9.17, 15) is 14.7 Å². The monoisotopic (exact) mass is 853 g/mol. The van der Waals surface area contributed by atoms with Crippen LogP contribution in [0.4, 0.5) is 17.1 Å². The Bertz CT molecular complexity index is 3230. The Balaban J connectivity index is 1.16. The topological polar surface area (TPSA) is 69.8 Å². The maximum atomic E-state index is 12.5. The quantitative estimate of drug-likeness (QED) is 0.0295. The molecule has 1 N–H and O–H groups in total. The standard InChI is InChI=1S/C58H50N3O4/c1-61(2)52(60(36-37-65-40-62)56-49-30-18-14-26-45(49)46-27-15-19-31-50(46)57(56)61)33-11-5-10-32-51-58(38-41-20-6-3-7-21-41,39-42-22-8-4-9-23-42)54-47-28-16-12-24-43(47)44-25-13-17-29-48(44)55(54)59(51)35-34-53(63)64/h3-33,40H,34-39H2,1-2H3/q+1/p+1. The van der Waals surface area contributed by atoms with E-state index in [0.29, 0.717) is 36.9 Å². The third-order valence-electron chi connectivity index (χ3n) is 13.5. The molecule has 0 radical (unpaired) electrons. The van der Waals surface area contributed by atoms with Gasteiger partial charge in [0, 0.05) is 28.5 Å². The summed E-state index contributed by atoms with van der Waals surface area (Å²) in [5.74, 6) is 0.210. The minimum Gasteiger partial charge on any atom is -0.481 e. The fourth-order valence-corrected chi connectivity index (χ4v) is 10.9. The lowest BCUT2D eigenvalue weighted by molar-refractivity contribution is -0.435. The molecule has 10 rings (SSSR count). The highest BCUT2D eigenvalue weighted by molar-refractivity contribution is 6.22. The van der Waals surface area contributed by atoms with Crippen molar-refractivity contribution >= 4 is 78.3 Å². The molecule has 7 nitrogen and oxygen atoms in total. The van der Waals surface area contributed by atoms with Crippen LogP contribution >= 0.6 is 0 Å². The van der Waals surface area contributed by atoms with E-state index in [1.165, 1.54) is 49.3 Å². The molecule has 7 heteroatoms. The van der Waals surface area contributed by atoms with Gasteiger partial charge in [0.25, 0.3) is 6.47 Å². The largest absolute Gasteiger partial charge is 0.481 e. The summed E-state index contributed by atoms with van der Waals surface area (Å²) in [7, 11) is 4.44. The number of aliphatic carboxylic acids is 1. The number of hydrogen-bond donors (Lipinski definition) is 1. The molecule has 65 heavy (non-hydrogen) atoms. The number of carbonyl (C=O) groups excluding carboxylic acids is 1. The minimum atomic E-state index is -0.836. The third-order valence-corrected chi connectivity index (χ3v) is 13.5. The lowest BCUT2D eigenvalue weighted by atomic mass is 9.67. The van der Waals surface area contributed by atoms with Gasteiger partial charge >= 0.3 is 5.97 Å². The van der Waals surface area contributed by atoms with Gasteiger partial charge in [0.05, 0.1) is 31.4 Å². The zero-order valence-electron chi connectivity index (χ0n) is 36.7. The number of carboxylic acid groups (broad SMARTS) is 1. The molecule has 0 aromatic heterocycles. The lowest BCUT2D eigenvalue weighted by Crippen LogP contribution is -2.42. The van der Waals surface area contributed by atoms with Crippen molar-refractivity contribution in [2.24, 2.45) is 0 Å². The van der Waals surface area contributed by atoms with Gasteiger partial charge in [-0.2, -0.15) is 4.58 Å². The number of fused-ring (bicyclic) bond motifs is 12. The molecule has 0 amide bonds. The van der Waals surface area contributed by atoms with E-state index < -0.39 is 11.4 Å². The average molecular weight is 854 g/mol. The number of benzene rings is 8. The van der Waals surface area contributed by atoms with Gasteiger partial charge in [-0.3, -0.25) is 14.5 Å². The fraction of sp³-hybridized carbons (Fsp3) is 0.155. The van der Waals surface area contributed by atoms with Crippen LogP contribution in [0.5, 0.6) is 0 Å². The summed E-state index contributed by atoms with van der Waals surface area (Å²) in [6.45, 7) is 1.56. The van der Waals surface area contributed by atoms with Crippen molar-refractivity contribution in [2.75, 3.05) is 38.7 Å². The molecular formula is C58H51N3O4+2. The molecule has 0 aliphatic carbocycles. The molecule has 8 aromatic rings. The van der Waals surface area contributed by atoms with Crippen LogP contribution in [0.3, 0.4) is 0 Å². The van der Waals surface area contributed by atoms with Gasteiger partial charge in [0.2, 0.25) is 11.5 Å². The normalized spacial score (nSPS) is 15.8. The number of nitrogens with zero attached hydrogens (tertiary/aromatic N) is 3. The molecular weight excluding hydrogens is 803 g/mol. The molecule has 0 saturated heterocycles. The SMILES string of the molecule is C[N+]1(C)/C(=C/C=C/C=C/C2=[N+](CCC(=O)O)c3c(c4ccccc4c4ccccc34)C2(Cc2ccccc2)Cc2ccccc2)N(CCOC=O)c2c1c1ccccc1c1ccccc21. The summed E-state index contributed by atoms with van der Waals surface area (Å²) in [5.41, 5.74) is 7.52. The van der Waals surface area contributed by atoms with Crippen molar-refractivity contribution in [3.63, 3.8) is 0 Å². The molecule has 0 fully saturated rings. The molecule has 8 aromatic carbocycles. The highest BCUT2D eigenvalue weighted by atomic mass is 16.5. The number of carbonyl (C=O) groups is 2. The van der Waals surface area contributed by atoms with Crippen molar-refractivity contribution in [1.29, 1.82) is 0 Å². The average Bonchev–Trinajstić information content (AvgIpc) is 3.72. The Morgan fingerprint density at radius 3 is 1.75 bits per heavy atom. The molecule has 2 aliphatic rings. The van der Waals surface area contributed by atoms with Gasteiger partial charge in [0.15, 0.2) is 17.9 Å². The van der Waals surface area contributed by atoms with Crippen LogP contribution in [0.2, 0.25) is 0 Å². The highest BCUT2D eigenvalue weighted by Gasteiger charge is 2.53. The van der Waals surface area contributed by atoms with E-state index in [2.05, 4.69) is 212 Å². The predicted molar refractivity (Wildman–Crippen MR) is 266 cm³/mol. The lowest BCUT2D eigenvalue weighted by Gasteiger charge is -2.29. The Labute approximate surface area is 379 Å². The Kier molecular flexibility index (Phi) is 10.9. The fourth-order valence-electron chi connectivity index (χ4n) is 10.9. The number of quaternary nitrogens is 1. The van der Waals surface area contributed by atoms with Crippen molar-refractivity contribution in [1.82, 2.24) is 4.48 Å². The van der Waals surface area contributed by atoms with Crippen LogP contribution in [0.15, 0.2) is 194 Å². The number of ether oxygens (including phenoxy) is 1. The van der Waals surface area contributed by atoms with Gasteiger partial charge in [-0.1, -0.05) is 164 Å². The molecule has 0 unspecified atom stereocenters. The number of anilines is 1. The van der Waals surface area contributed by atoms with Crippen LogP contribution in [-0.2, 0) is 32.6 Å². The van der Waals surface area contributed by atoms with Crippen molar-refractivity contribution in [2.45, 2.75) is 24.7 Å². The molecule has 0 spiro atoms.